The number of fused-ring (bicyclic) bond motifs is 5. The van der Waals surface area contributed by atoms with Gasteiger partial charge >= 0.3 is 0 Å². The quantitative estimate of drug-likeness (QED) is 0.399. The lowest BCUT2D eigenvalue weighted by Crippen LogP contribution is -2.59. The molecule has 7 unspecified atom stereocenters. The van der Waals surface area contributed by atoms with Crippen molar-refractivity contribution in [3.8, 4) is 0 Å². The largest absolute Gasteiger partial charge is 0.396 e. The Bertz CT molecular complexity index is 966. The number of carbonyl (C=O) groups excluding carboxylic acids is 1. The molecule has 206 valence electrons. The first kappa shape index (κ1) is 27.1. The summed E-state index contributed by atoms with van der Waals surface area (Å²) in [6.07, 6.45) is 10.7. The lowest BCUT2D eigenvalue weighted by atomic mass is 9.43. The van der Waals surface area contributed by atoms with Crippen molar-refractivity contribution in [3.63, 3.8) is 0 Å². The molecule has 4 aliphatic carbocycles. The molecule has 0 aliphatic heterocycles. The number of amides is 1. The Morgan fingerprint density at radius 3 is 2.59 bits per heavy atom. The van der Waals surface area contributed by atoms with E-state index in [4.69, 9.17) is 0 Å². The molecule has 0 bridgehead atoms. The van der Waals surface area contributed by atoms with E-state index < -0.39 is 0 Å². The molecule has 0 spiro atoms. The van der Waals surface area contributed by atoms with E-state index in [1.807, 2.05) is 18.2 Å². The molecule has 10 atom stereocenters. The van der Waals surface area contributed by atoms with E-state index in [-0.39, 0.29) is 42.1 Å². The standard InChI is InChI=1S/C32H49NO4/c1-20(7-6-16-34)26-12-13-27-25-11-10-22-17-23(33-30(37)24-9-5-4-8-21(24)19-35)14-15-31(22,2)28(25)18-29(36)32(26,27)3/h4-5,8-9,20,22-23,25-29,34-36H,6-7,10-19H2,1-3H3,(H,33,37)/t20?,22?,23?,25?,26-,27?,28?,29?,31+,32-/m1/s1. The minimum absolute atomic E-state index is 0.00447. The number of aliphatic hydroxyl groups is 3. The number of hydrogen-bond acceptors (Lipinski definition) is 4. The summed E-state index contributed by atoms with van der Waals surface area (Å²) in [7, 11) is 0. The maximum Gasteiger partial charge on any atom is 0.251 e. The van der Waals surface area contributed by atoms with Crippen molar-refractivity contribution in [1.82, 2.24) is 5.32 Å². The SMILES string of the molecule is CC(CCCO)[C@H]1CCC2C3CCC4CC(NC(=O)c5ccccc5CO)CC[C@]4(C)C3CC(O)[C@@]21C. The predicted molar refractivity (Wildman–Crippen MR) is 146 cm³/mol. The molecule has 0 heterocycles. The van der Waals surface area contributed by atoms with Gasteiger partial charge < -0.3 is 20.6 Å². The monoisotopic (exact) mass is 511 g/mol. The van der Waals surface area contributed by atoms with Crippen LogP contribution in [0.5, 0.6) is 0 Å². The van der Waals surface area contributed by atoms with Gasteiger partial charge in [0.2, 0.25) is 0 Å². The normalized spacial score (nSPS) is 41.8. The van der Waals surface area contributed by atoms with Crippen LogP contribution in [0, 0.1) is 46.3 Å². The Hall–Kier alpha value is -1.43. The molecule has 0 saturated heterocycles. The Morgan fingerprint density at radius 2 is 1.84 bits per heavy atom. The number of rotatable bonds is 7. The zero-order valence-electron chi connectivity index (χ0n) is 23.2. The number of hydrogen-bond donors (Lipinski definition) is 4. The Balaban J connectivity index is 1.28. The fourth-order valence-corrected chi connectivity index (χ4v) is 10.1. The van der Waals surface area contributed by atoms with Crippen molar-refractivity contribution in [2.24, 2.45) is 46.3 Å². The molecule has 1 aromatic carbocycles. The summed E-state index contributed by atoms with van der Waals surface area (Å²) in [6.45, 7) is 7.39. The third kappa shape index (κ3) is 4.57. The number of carbonyl (C=O) groups is 1. The van der Waals surface area contributed by atoms with Gasteiger partial charge in [0, 0.05) is 18.2 Å². The molecule has 4 N–H and O–H groups in total. The maximum atomic E-state index is 13.0. The number of nitrogens with one attached hydrogen (secondary N) is 1. The predicted octanol–water partition coefficient (Wildman–Crippen LogP) is 5.32. The molecule has 1 amide bonds. The van der Waals surface area contributed by atoms with Crippen molar-refractivity contribution >= 4 is 5.91 Å². The molecule has 0 radical (unpaired) electrons. The van der Waals surface area contributed by atoms with Crippen LogP contribution in [-0.2, 0) is 6.61 Å². The second kappa shape index (κ2) is 10.6. The van der Waals surface area contributed by atoms with Gasteiger partial charge in [-0.2, -0.15) is 0 Å². The van der Waals surface area contributed by atoms with E-state index in [9.17, 15) is 20.1 Å². The lowest BCUT2D eigenvalue weighted by molar-refractivity contribution is -0.169. The fourth-order valence-electron chi connectivity index (χ4n) is 10.1. The molecular weight excluding hydrogens is 462 g/mol. The molecule has 37 heavy (non-hydrogen) atoms. The second-order valence-corrected chi connectivity index (χ2v) is 13.6. The van der Waals surface area contributed by atoms with Crippen LogP contribution in [-0.4, -0.2) is 40.0 Å². The highest BCUT2D eigenvalue weighted by Crippen LogP contribution is 2.68. The van der Waals surface area contributed by atoms with Gasteiger partial charge in [-0.25, -0.2) is 0 Å². The molecule has 5 rings (SSSR count). The van der Waals surface area contributed by atoms with Gasteiger partial charge in [0.25, 0.3) is 5.91 Å². The Labute approximate surface area is 223 Å². The molecule has 5 nitrogen and oxygen atoms in total. The summed E-state index contributed by atoms with van der Waals surface area (Å²) in [5.41, 5.74) is 1.50. The van der Waals surface area contributed by atoms with Crippen molar-refractivity contribution in [1.29, 1.82) is 0 Å². The Kier molecular flexibility index (Phi) is 7.79. The first-order chi connectivity index (χ1) is 17.7. The van der Waals surface area contributed by atoms with Gasteiger partial charge in [0.15, 0.2) is 0 Å². The van der Waals surface area contributed by atoms with E-state index in [2.05, 4.69) is 26.1 Å². The van der Waals surface area contributed by atoms with Crippen molar-refractivity contribution in [3.05, 3.63) is 35.4 Å². The highest BCUT2D eigenvalue weighted by molar-refractivity contribution is 5.95. The van der Waals surface area contributed by atoms with Crippen LogP contribution in [0.15, 0.2) is 24.3 Å². The summed E-state index contributed by atoms with van der Waals surface area (Å²) in [5, 5.41) is 34.1. The zero-order valence-corrected chi connectivity index (χ0v) is 23.2. The minimum Gasteiger partial charge on any atom is -0.396 e. The van der Waals surface area contributed by atoms with Crippen LogP contribution in [0.25, 0.3) is 0 Å². The second-order valence-electron chi connectivity index (χ2n) is 13.6. The van der Waals surface area contributed by atoms with Gasteiger partial charge in [-0.3, -0.25) is 4.79 Å². The van der Waals surface area contributed by atoms with Crippen LogP contribution in [0.2, 0.25) is 0 Å². The van der Waals surface area contributed by atoms with Gasteiger partial charge in [0.1, 0.15) is 0 Å². The Morgan fingerprint density at radius 1 is 1.05 bits per heavy atom. The molecule has 1 aromatic rings. The van der Waals surface area contributed by atoms with Crippen LogP contribution < -0.4 is 5.32 Å². The lowest BCUT2D eigenvalue weighted by Gasteiger charge is -2.62. The first-order valence-electron chi connectivity index (χ1n) is 15.0. The van der Waals surface area contributed by atoms with E-state index in [1.165, 1.54) is 25.7 Å². The molecule has 4 aliphatic rings. The minimum atomic E-state index is -0.245. The summed E-state index contributed by atoms with van der Waals surface area (Å²) in [4.78, 5) is 13.0. The van der Waals surface area contributed by atoms with Gasteiger partial charge in [-0.1, -0.05) is 39.0 Å². The van der Waals surface area contributed by atoms with Crippen molar-refractivity contribution in [2.75, 3.05) is 6.61 Å². The summed E-state index contributed by atoms with van der Waals surface area (Å²) in [6, 6.07) is 7.52. The molecule has 4 fully saturated rings. The average molecular weight is 512 g/mol. The first-order valence-corrected chi connectivity index (χ1v) is 15.0. The third-order valence-corrected chi connectivity index (χ3v) is 12.1. The van der Waals surface area contributed by atoms with E-state index in [0.29, 0.717) is 46.6 Å². The average Bonchev–Trinajstić information content (AvgIpc) is 3.26. The third-order valence-electron chi connectivity index (χ3n) is 12.1. The van der Waals surface area contributed by atoms with Gasteiger partial charge in [-0.15, -0.1) is 0 Å². The molecular formula is C32H49NO4. The maximum absolute atomic E-state index is 13.0. The highest BCUT2D eigenvalue weighted by Gasteiger charge is 2.63. The smallest absolute Gasteiger partial charge is 0.251 e. The van der Waals surface area contributed by atoms with E-state index in [1.54, 1.807) is 6.07 Å². The summed E-state index contributed by atoms with van der Waals surface area (Å²) in [5.74, 6) is 3.49. The molecule has 5 heteroatoms. The molecule has 0 aromatic heterocycles. The van der Waals surface area contributed by atoms with E-state index >= 15 is 0 Å². The van der Waals surface area contributed by atoms with Crippen molar-refractivity contribution in [2.45, 2.75) is 104 Å². The topological polar surface area (TPSA) is 89.8 Å². The van der Waals surface area contributed by atoms with Crippen molar-refractivity contribution < 1.29 is 20.1 Å². The summed E-state index contributed by atoms with van der Waals surface area (Å²) < 4.78 is 0. The fraction of sp³-hybridized carbons (Fsp3) is 0.781. The van der Waals surface area contributed by atoms with Crippen LogP contribution in [0.3, 0.4) is 0 Å². The van der Waals surface area contributed by atoms with Crippen LogP contribution in [0.4, 0.5) is 0 Å². The van der Waals surface area contributed by atoms with Gasteiger partial charge in [0.05, 0.1) is 12.7 Å². The molecule has 4 saturated carbocycles. The zero-order chi connectivity index (χ0) is 26.4. The summed E-state index contributed by atoms with van der Waals surface area (Å²) >= 11 is 0. The number of benzene rings is 1. The van der Waals surface area contributed by atoms with Gasteiger partial charge in [-0.05, 0) is 122 Å². The van der Waals surface area contributed by atoms with Crippen LogP contribution in [0.1, 0.15) is 101 Å². The number of aliphatic hydroxyl groups excluding tert-OH is 3. The van der Waals surface area contributed by atoms with E-state index in [0.717, 1.165) is 38.5 Å². The van der Waals surface area contributed by atoms with Crippen LogP contribution >= 0.6 is 0 Å². The highest BCUT2D eigenvalue weighted by atomic mass is 16.3.